The summed E-state index contributed by atoms with van der Waals surface area (Å²) < 4.78 is 14.6. The van der Waals surface area contributed by atoms with Crippen LogP contribution in [0.4, 0.5) is 0 Å². The van der Waals surface area contributed by atoms with E-state index < -0.39 is 5.92 Å². The van der Waals surface area contributed by atoms with Gasteiger partial charge in [-0.2, -0.15) is 0 Å². The number of aromatic nitrogens is 4. The van der Waals surface area contributed by atoms with E-state index in [9.17, 15) is 9.59 Å². The number of methoxy groups -OCH3 is 1. The molecule has 0 saturated heterocycles. The number of nitrogens with zero attached hydrogens (tertiary/aromatic N) is 2. The number of para-hydroxylation sites is 2. The summed E-state index contributed by atoms with van der Waals surface area (Å²) >= 11 is 0. The quantitative estimate of drug-likeness (QED) is 0.290. The lowest BCUT2D eigenvalue weighted by atomic mass is 9.85. The zero-order valence-corrected chi connectivity index (χ0v) is 22.7. The van der Waals surface area contributed by atoms with Crippen LogP contribution >= 0.6 is 0 Å². The number of hydrogen-bond donors (Lipinski definition) is 2. The van der Waals surface area contributed by atoms with E-state index in [2.05, 4.69) is 10.2 Å². The first-order valence-electron chi connectivity index (χ1n) is 12.9. The lowest BCUT2D eigenvalue weighted by Gasteiger charge is -2.19. The molecule has 0 saturated carbocycles. The molecule has 2 heterocycles. The first kappa shape index (κ1) is 25.9. The molecule has 3 aromatic carbocycles. The highest BCUT2D eigenvalue weighted by molar-refractivity contribution is 5.52. The van der Waals surface area contributed by atoms with E-state index in [1.807, 2.05) is 107 Å². The second-order valence-electron chi connectivity index (χ2n) is 9.76. The molecule has 39 heavy (non-hydrogen) atoms. The van der Waals surface area contributed by atoms with Gasteiger partial charge < -0.3 is 9.47 Å². The largest absolute Gasteiger partial charge is 0.493 e. The van der Waals surface area contributed by atoms with E-state index in [1.165, 1.54) is 9.36 Å². The Hall–Kier alpha value is -4.72. The molecule has 0 fully saturated rings. The number of ether oxygens (including phenoxy) is 2. The van der Waals surface area contributed by atoms with Gasteiger partial charge in [0.2, 0.25) is 0 Å². The lowest BCUT2D eigenvalue weighted by molar-refractivity contribution is 0.230. The van der Waals surface area contributed by atoms with Crippen LogP contribution in [0.1, 0.15) is 47.8 Å². The molecule has 0 spiro atoms. The van der Waals surface area contributed by atoms with Crippen molar-refractivity contribution in [3.8, 4) is 22.9 Å². The minimum absolute atomic E-state index is 0.0458. The van der Waals surface area contributed by atoms with Gasteiger partial charge >= 0.3 is 0 Å². The fourth-order valence-electron chi connectivity index (χ4n) is 5.01. The number of aromatic amines is 2. The van der Waals surface area contributed by atoms with Crippen molar-refractivity contribution in [2.45, 2.75) is 39.7 Å². The molecular formula is C31H32N4O4. The third-order valence-electron chi connectivity index (χ3n) is 6.72. The van der Waals surface area contributed by atoms with Gasteiger partial charge in [-0.25, -0.2) is 9.36 Å². The van der Waals surface area contributed by atoms with Crippen LogP contribution in [-0.2, 0) is 0 Å². The Morgan fingerprint density at radius 1 is 0.692 bits per heavy atom. The molecule has 5 aromatic rings. The summed E-state index contributed by atoms with van der Waals surface area (Å²) in [5.74, 6) is 0.448. The number of benzene rings is 3. The average molecular weight is 525 g/mol. The molecule has 2 N–H and O–H groups in total. The summed E-state index contributed by atoms with van der Waals surface area (Å²) in [5.41, 5.74) is 4.01. The number of nitrogens with one attached hydrogen (secondary N) is 2. The van der Waals surface area contributed by atoms with E-state index in [0.717, 1.165) is 5.56 Å². The van der Waals surface area contributed by atoms with Gasteiger partial charge in [-0.05, 0) is 69.7 Å². The van der Waals surface area contributed by atoms with Crippen molar-refractivity contribution < 1.29 is 9.47 Å². The predicted molar refractivity (Wildman–Crippen MR) is 152 cm³/mol. The fourth-order valence-corrected chi connectivity index (χ4v) is 5.01. The standard InChI is InChI=1S/C31H32N4O4/c1-19(2)39-25-17-16-22(18-26(25)38-5)29(27-20(3)32-34(30(27)36)23-12-8-6-9-13-23)28-21(4)33-35(31(28)37)24-14-10-7-11-15-24/h6-19,29,32-33H,1-5H3. The zero-order valence-electron chi connectivity index (χ0n) is 22.7. The van der Waals surface area contributed by atoms with Crippen LogP contribution in [0.2, 0.25) is 0 Å². The van der Waals surface area contributed by atoms with Crippen LogP contribution in [-0.4, -0.2) is 32.8 Å². The fraction of sp³-hybridized carbons (Fsp3) is 0.226. The van der Waals surface area contributed by atoms with Crippen molar-refractivity contribution in [1.82, 2.24) is 19.6 Å². The Labute approximate surface area is 226 Å². The summed E-state index contributed by atoms with van der Waals surface area (Å²) in [6.07, 6.45) is -0.0458. The Kier molecular flexibility index (Phi) is 7.02. The van der Waals surface area contributed by atoms with Crippen LogP contribution in [0.25, 0.3) is 11.4 Å². The molecule has 0 aliphatic heterocycles. The molecule has 8 heteroatoms. The molecule has 0 bridgehead atoms. The molecule has 2 aromatic heterocycles. The van der Waals surface area contributed by atoms with Crippen LogP contribution in [0, 0.1) is 13.8 Å². The SMILES string of the molecule is COc1cc(C(c2c(C)[nH]n(-c3ccccc3)c2=O)c2c(C)[nH]n(-c3ccccc3)c2=O)ccc1OC(C)C. The lowest BCUT2D eigenvalue weighted by Crippen LogP contribution is -2.25. The van der Waals surface area contributed by atoms with Gasteiger partial charge in [0.15, 0.2) is 11.5 Å². The Morgan fingerprint density at radius 2 is 1.18 bits per heavy atom. The minimum Gasteiger partial charge on any atom is -0.493 e. The monoisotopic (exact) mass is 524 g/mol. The van der Waals surface area contributed by atoms with E-state index in [-0.39, 0.29) is 17.2 Å². The van der Waals surface area contributed by atoms with Crippen LogP contribution < -0.4 is 20.6 Å². The van der Waals surface area contributed by atoms with Gasteiger partial charge in [-0.15, -0.1) is 0 Å². The van der Waals surface area contributed by atoms with E-state index in [1.54, 1.807) is 7.11 Å². The van der Waals surface area contributed by atoms with Gasteiger partial charge in [0.25, 0.3) is 11.1 Å². The highest BCUT2D eigenvalue weighted by Crippen LogP contribution is 2.37. The van der Waals surface area contributed by atoms with Crippen LogP contribution in [0.15, 0.2) is 88.5 Å². The van der Waals surface area contributed by atoms with Gasteiger partial charge in [-0.1, -0.05) is 42.5 Å². The predicted octanol–water partition coefficient (Wildman–Crippen LogP) is 5.24. The zero-order chi connectivity index (χ0) is 27.7. The molecule has 200 valence electrons. The second-order valence-corrected chi connectivity index (χ2v) is 9.76. The third kappa shape index (κ3) is 4.81. The van der Waals surface area contributed by atoms with E-state index in [4.69, 9.17) is 9.47 Å². The first-order valence-corrected chi connectivity index (χ1v) is 12.9. The van der Waals surface area contributed by atoms with Gasteiger partial charge in [0.05, 0.1) is 35.7 Å². The summed E-state index contributed by atoms with van der Waals surface area (Å²) in [5, 5.41) is 6.44. The molecule has 0 atom stereocenters. The Balaban J connectivity index is 1.77. The van der Waals surface area contributed by atoms with Crippen LogP contribution in [0.3, 0.4) is 0 Å². The molecular weight excluding hydrogens is 492 g/mol. The smallest absolute Gasteiger partial charge is 0.275 e. The average Bonchev–Trinajstić information content (AvgIpc) is 3.40. The van der Waals surface area contributed by atoms with E-state index in [0.29, 0.717) is 45.4 Å². The summed E-state index contributed by atoms with van der Waals surface area (Å²) in [6.45, 7) is 7.60. The maximum absolute atomic E-state index is 14.0. The number of H-pyrrole nitrogens is 2. The Bertz CT molecular complexity index is 1610. The van der Waals surface area contributed by atoms with Crippen molar-refractivity contribution in [3.63, 3.8) is 0 Å². The van der Waals surface area contributed by atoms with Gasteiger partial charge in [0.1, 0.15) is 0 Å². The normalized spacial score (nSPS) is 11.4. The summed E-state index contributed by atoms with van der Waals surface area (Å²) in [7, 11) is 1.58. The van der Waals surface area contributed by atoms with Crippen molar-refractivity contribution in [2.24, 2.45) is 0 Å². The summed E-state index contributed by atoms with van der Waals surface area (Å²) in [4.78, 5) is 28.0. The Morgan fingerprint density at radius 3 is 1.62 bits per heavy atom. The van der Waals surface area contributed by atoms with Crippen molar-refractivity contribution in [3.05, 3.63) is 128 Å². The van der Waals surface area contributed by atoms with Crippen molar-refractivity contribution >= 4 is 0 Å². The van der Waals surface area contributed by atoms with Gasteiger partial charge in [0, 0.05) is 17.3 Å². The maximum atomic E-state index is 14.0. The topological polar surface area (TPSA) is 94.0 Å². The first-order chi connectivity index (χ1) is 18.8. The maximum Gasteiger partial charge on any atom is 0.275 e. The molecule has 0 aliphatic carbocycles. The van der Waals surface area contributed by atoms with Gasteiger partial charge in [-0.3, -0.25) is 19.8 Å². The molecule has 0 unspecified atom stereocenters. The molecule has 0 radical (unpaired) electrons. The highest BCUT2D eigenvalue weighted by Gasteiger charge is 2.31. The number of aryl methyl sites for hydroxylation is 2. The molecule has 8 nitrogen and oxygen atoms in total. The van der Waals surface area contributed by atoms with E-state index >= 15 is 0 Å². The number of hydrogen-bond acceptors (Lipinski definition) is 4. The minimum atomic E-state index is -0.672. The van der Waals surface area contributed by atoms with Crippen molar-refractivity contribution in [1.29, 1.82) is 0 Å². The molecule has 5 rings (SSSR count). The van der Waals surface area contributed by atoms with Crippen LogP contribution in [0.5, 0.6) is 11.5 Å². The summed E-state index contributed by atoms with van der Waals surface area (Å²) in [6, 6.07) is 24.3. The second kappa shape index (κ2) is 10.6. The molecule has 0 aliphatic rings. The third-order valence-corrected chi connectivity index (χ3v) is 6.72. The highest BCUT2D eigenvalue weighted by atomic mass is 16.5. The van der Waals surface area contributed by atoms with Crippen molar-refractivity contribution in [2.75, 3.05) is 7.11 Å². The molecule has 0 amide bonds. The number of rotatable bonds is 8.